The van der Waals surface area contributed by atoms with E-state index in [9.17, 15) is 8.42 Å². The minimum absolute atomic E-state index is 0.0667. The van der Waals surface area contributed by atoms with Crippen molar-refractivity contribution in [3.63, 3.8) is 0 Å². The van der Waals surface area contributed by atoms with Crippen LogP contribution in [-0.4, -0.2) is 34.4 Å². The van der Waals surface area contributed by atoms with E-state index in [1.54, 1.807) is 7.11 Å². The normalized spacial score (nSPS) is 18.1. The van der Waals surface area contributed by atoms with Crippen LogP contribution in [0.4, 0.5) is 5.69 Å². The van der Waals surface area contributed by atoms with E-state index in [0.29, 0.717) is 5.92 Å². The molecule has 1 saturated carbocycles. The monoisotopic (exact) mass is 325 g/mol. The van der Waals surface area contributed by atoms with Crippen LogP contribution in [-0.2, 0) is 20.3 Å². The third kappa shape index (κ3) is 5.29. The van der Waals surface area contributed by atoms with Gasteiger partial charge in [-0.15, -0.1) is 0 Å². The summed E-state index contributed by atoms with van der Waals surface area (Å²) in [5.41, 5.74) is 1.72. The van der Waals surface area contributed by atoms with Gasteiger partial charge in [-0.3, -0.25) is 0 Å². The molecule has 0 saturated heterocycles. The van der Waals surface area contributed by atoms with E-state index in [1.807, 2.05) is 24.3 Å². The maximum atomic E-state index is 11.5. The Hall–Kier alpha value is -1.07. The topological polar surface area (TPSA) is 55.4 Å². The summed E-state index contributed by atoms with van der Waals surface area (Å²) in [5, 5.41) is 3.39. The molecule has 0 amide bonds. The number of rotatable bonds is 7. The largest absolute Gasteiger partial charge is 0.382 e. The average Bonchev–Trinajstić information content (AvgIpc) is 2.49. The third-order valence-corrected chi connectivity index (χ3v) is 5.24. The molecule has 0 heterocycles. The number of methoxy groups -OCH3 is 1. The minimum Gasteiger partial charge on any atom is -0.382 e. The molecule has 1 aromatic rings. The van der Waals surface area contributed by atoms with E-state index in [1.165, 1.54) is 38.4 Å². The molecule has 0 aliphatic heterocycles. The second-order valence-corrected chi connectivity index (χ2v) is 8.42. The van der Waals surface area contributed by atoms with E-state index in [4.69, 9.17) is 4.74 Å². The van der Waals surface area contributed by atoms with Gasteiger partial charge in [0.15, 0.2) is 9.84 Å². The van der Waals surface area contributed by atoms with Crippen LogP contribution in [0.25, 0.3) is 0 Å². The molecule has 124 valence electrons. The summed E-state index contributed by atoms with van der Waals surface area (Å²) >= 11 is 0. The standard InChI is InChI=1S/C17H27NO3S/c1-21-17(14-8-4-3-5-9-14)12-18-16-11-7-6-10-15(16)13-22(2,19)20/h6-7,10-11,14,17-18H,3-5,8-9,12-13H2,1-2H3. The Balaban J connectivity index is 2.00. The van der Waals surface area contributed by atoms with E-state index < -0.39 is 9.84 Å². The summed E-state index contributed by atoms with van der Waals surface area (Å²) < 4.78 is 28.8. The molecule has 1 fully saturated rings. The van der Waals surface area contributed by atoms with Crippen molar-refractivity contribution in [2.24, 2.45) is 5.92 Å². The lowest BCUT2D eigenvalue weighted by Crippen LogP contribution is -2.32. The molecule has 0 spiro atoms. The number of ether oxygens (including phenoxy) is 1. The molecule has 1 aliphatic rings. The van der Waals surface area contributed by atoms with Gasteiger partial charge in [0.25, 0.3) is 0 Å². The van der Waals surface area contributed by atoms with Crippen molar-refractivity contribution in [2.75, 3.05) is 25.2 Å². The molecule has 1 atom stereocenters. The van der Waals surface area contributed by atoms with Crippen molar-refractivity contribution >= 4 is 15.5 Å². The van der Waals surface area contributed by atoms with E-state index in [0.717, 1.165) is 17.8 Å². The van der Waals surface area contributed by atoms with Crippen LogP contribution in [0.15, 0.2) is 24.3 Å². The van der Waals surface area contributed by atoms with Gasteiger partial charge in [-0.05, 0) is 30.4 Å². The molecule has 1 N–H and O–H groups in total. The molecule has 2 rings (SSSR count). The van der Waals surface area contributed by atoms with Crippen molar-refractivity contribution in [3.05, 3.63) is 29.8 Å². The highest BCUT2D eigenvalue weighted by Gasteiger charge is 2.23. The molecular formula is C17H27NO3S. The highest BCUT2D eigenvalue weighted by molar-refractivity contribution is 7.89. The Morgan fingerprint density at radius 1 is 1.23 bits per heavy atom. The summed E-state index contributed by atoms with van der Waals surface area (Å²) in [4.78, 5) is 0. The first-order chi connectivity index (χ1) is 10.5. The Morgan fingerprint density at radius 2 is 1.91 bits per heavy atom. The summed E-state index contributed by atoms with van der Waals surface area (Å²) in [6.07, 6.45) is 7.81. The predicted octanol–water partition coefficient (Wildman–Crippen LogP) is 3.24. The van der Waals surface area contributed by atoms with Crippen molar-refractivity contribution in [2.45, 2.75) is 44.0 Å². The van der Waals surface area contributed by atoms with E-state index in [-0.39, 0.29) is 11.9 Å². The van der Waals surface area contributed by atoms with E-state index in [2.05, 4.69) is 5.32 Å². The lowest BCUT2D eigenvalue weighted by molar-refractivity contribution is 0.0462. The van der Waals surface area contributed by atoms with Crippen LogP contribution in [0.3, 0.4) is 0 Å². The number of benzene rings is 1. The van der Waals surface area contributed by atoms with Gasteiger partial charge in [-0.1, -0.05) is 37.5 Å². The summed E-state index contributed by atoms with van der Waals surface area (Å²) in [7, 11) is -1.27. The zero-order valence-corrected chi connectivity index (χ0v) is 14.4. The highest BCUT2D eigenvalue weighted by atomic mass is 32.2. The van der Waals surface area contributed by atoms with Gasteiger partial charge in [-0.2, -0.15) is 0 Å². The van der Waals surface area contributed by atoms with Gasteiger partial charge in [0, 0.05) is 25.6 Å². The Bertz CT molecular complexity index is 565. The smallest absolute Gasteiger partial charge is 0.151 e. The molecular weight excluding hydrogens is 298 g/mol. The van der Waals surface area contributed by atoms with Crippen LogP contribution in [0.2, 0.25) is 0 Å². The fourth-order valence-corrected chi connectivity index (χ4v) is 4.08. The quantitative estimate of drug-likeness (QED) is 0.836. The number of hydrogen-bond donors (Lipinski definition) is 1. The van der Waals surface area contributed by atoms with Gasteiger partial charge in [-0.25, -0.2) is 8.42 Å². The molecule has 0 bridgehead atoms. The number of sulfone groups is 1. The van der Waals surface area contributed by atoms with Gasteiger partial charge in [0.05, 0.1) is 11.9 Å². The summed E-state index contributed by atoms with van der Waals surface area (Å²) in [5.74, 6) is 0.672. The Morgan fingerprint density at radius 3 is 2.55 bits per heavy atom. The second kappa shape index (κ2) is 7.97. The zero-order chi connectivity index (χ0) is 16.0. The van der Waals surface area contributed by atoms with Gasteiger partial charge >= 0.3 is 0 Å². The first-order valence-electron chi connectivity index (χ1n) is 8.02. The zero-order valence-electron chi connectivity index (χ0n) is 13.5. The van der Waals surface area contributed by atoms with Crippen LogP contribution in [0.1, 0.15) is 37.7 Å². The Kier molecular flexibility index (Phi) is 6.26. The number of anilines is 1. The lowest BCUT2D eigenvalue weighted by atomic mass is 9.85. The van der Waals surface area contributed by atoms with Crippen LogP contribution < -0.4 is 5.32 Å². The molecule has 0 radical (unpaired) electrons. The minimum atomic E-state index is -3.04. The molecule has 4 nitrogen and oxygen atoms in total. The number of para-hydroxylation sites is 1. The molecule has 1 aromatic carbocycles. The van der Waals surface area contributed by atoms with Gasteiger partial charge < -0.3 is 10.1 Å². The van der Waals surface area contributed by atoms with Crippen molar-refractivity contribution in [1.29, 1.82) is 0 Å². The summed E-state index contributed by atoms with van der Waals surface area (Å²) in [6.45, 7) is 0.724. The number of nitrogens with one attached hydrogen (secondary N) is 1. The van der Waals surface area contributed by atoms with E-state index >= 15 is 0 Å². The molecule has 1 aliphatic carbocycles. The second-order valence-electron chi connectivity index (χ2n) is 6.28. The Labute approximate surface area is 134 Å². The highest BCUT2D eigenvalue weighted by Crippen LogP contribution is 2.28. The van der Waals surface area contributed by atoms with Crippen molar-refractivity contribution in [1.82, 2.24) is 0 Å². The average molecular weight is 325 g/mol. The van der Waals surface area contributed by atoms with Crippen molar-refractivity contribution in [3.8, 4) is 0 Å². The maximum Gasteiger partial charge on any atom is 0.151 e. The third-order valence-electron chi connectivity index (χ3n) is 4.41. The van der Waals surface area contributed by atoms with Gasteiger partial charge in [0.1, 0.15) is 0 Å². The number of hydrogen-bond acceptors (Lipinski definition) is 4. The van der Waals surface area contributed by atoms with Crippen LogP contribution >= 0.6 is 0 Å². The predicted molar refractivity (Wildman–Crippen MR) is 90.9 cm³/mol. The molecule has 5 heteroatoms. The molecule has 22 heavy (non-hydrogen) atoms. The van der Waals surface area contributed by atoms with Crippen LogP contribution in [0, 0.1) is 5.92 Å². The maximum absolute atomic E-state index is 11.5. The summed E-state index contributed by atoms with van der Waals surface area (Å²) in [6, 6.07) is 7.61. The molecule has 0 aromatic heterocycles. The van der Waals surface area contributed by atoms with Crippen molar-refractivity contribution < 1.29 is 13.2 Å². The molecule has 1 unspecified atom stereocenters. The lowest BCUT2D eigenvalue weighted by Gasteiger charge is -2.29. The fraction of sp³-hybridized carbons (Fsp3) is 0.647. The fourth-order valence-electron chi connectivity index (χ4n) is 3.26. The van der Waals surface area contributed by atoms with Gasteiger partial charge in [0.2, 0.25) is 0 Å². The first kappa shape index (κ1) is 17.3. The van der Waals surface area contributed by atoms with Crippen LogP contribution in [0.5, 0.6) is 0 Å². The first-order valence-corrected chi connectivity index (χ1v) is 10.1. The SMILES string of the molecule is COC(CNc1ccccc1CS(C)(=O)=O)C1CCCCC1.